The second-order valence-electron chi connectivity index (χ2n) is 9.01. The van der Waals surface area contributed by atoms with Gasteiger partial charge in [0.1, 0.15) is 23.0 Å². The van der Waals surface area contributed by atoms with E-state index in [1.165, 1.54) is 0 Å². The van der Waals surface area contributed by atoms with Crippen molar-refractivity contribution in [3.8, 4) is 11.5 Å². The van der Waals surface area contributed by atoms with Crippen LogP contribution in [0.15, 0.2) is 78.9 Å². The molecular weight excluding hydrogens is 430 g/mol. The van der Waals surface area contributed by atoms with E-state index < -0.39 is 23.5 Å². The summed E-state index contributed by atoms with van der Waals surface area (Å²) in [5.41, 5.74) is 7.50. The first kappa shape index (κ1) is 22.2. The molecule has 0 spiro atoms. The number of carbonyl (C=O) groups is 2. The topological polar surface area (TPSA) is 98.9 Å². The number of hydrogen-bond donors (Lipinski definition) is 2. The average molecular weight is 458 g/mol. The number of benzene rings is 3. The number of carboxylic acids is 1. The van der Waals surface area contributed by atoms with Crippen molar-refractivity contribution < 1.29 is 24.2 Å². The summed E-state index contributed by atoms with van der Waals surface area (Å²) in [6.07, 6.45) is 1.66. The van der Waals surface area contributed by atoms with Crippen LogP contribution in [0.25, 0.3) is 0 Å². The van der Waals surface area contributed by atoms with Crippen molar-refractivity contribution in [3.63, 3.8) is 0 Å². The first-order chi connectivity index (χ1) is 16.5. The van der Waals surface area contributed by atoms with E-state index >= 15 is 0 Å². The molecule has 174 valence electrons. The van der Waals surface area contributed by atoms with E-state index in [9.17, 15) is 14.7 Å². The number of aliphatic carboxylic acids is 1. The second kappa shape index (κ2) is 8.95. The lowest BCUT2D eigenvalue weighted by molar-refractivity contribution is -0.154. The number of aryl methyl sites for hydroxylation is 1. The van der Waals surface area contributed by atoms with Gasteiger partial charge in [0.25, 0.3) is 0 Å². The first-order valence-corrected chi connectivity index (χ1v) is 11.6. The molecule has 3 aromatic rings. The Labute approximate surface area is 198 Å². The van der Waals surface area contributed by atoms with Gasteiger partial charge in [-0.25, -0.2) is 0 Å². The Balaban J connectivity index is 1.51. The molecule has 3 aromatic carbocycles. The predicted octanol–water partition coefficient (Wildman–Crippen LogP) is 4.52. The van der Waals surface area contributed by atoms with Crippen LogP contribution in [0.3, 0.4) is 0 Å². The lowest BCUT2D eigenvalue weighted by atomic mass is 9.82. The summed E-state index contributed by atoms with van der Waals surface area (Å²) >= 11 is 0. The molecule has 2 aliphatic rings. The van der Waals surface area contributed by atoms with E-state index in [0.29, 0.717) is 19.3 Å². The average Bonchev–Trinajstić information content (AvgIpc) is 3.49. The highest BCUT2D eigenvalue weighted by atomic mass is 16.6. The highest BCUT2D eigenvalue weighted by Gasteiger charge is 2.71. The summed E-state index contributed by atoms with van der Waals surface area (Å²) in [6.45, 7) is -0.291. The molecule has 1 saturated carbocycles. The van der Waals surface area contributed by atoms with Gasteiger partial charge >= 0.3 is 11.9 Å². The number of carboxylic acid groups (broad SMARTS) is 1. The molecule has 0 aromatic heterocycles. The Morgan fingerprint density at radius 1 is 0.912 bits per heavy atom. The van der Waals surface area contributed by atoms with Crippen LogP contribution >= 0.6 is 0 Å². The van der Waals surface area contributed by atoms with Gasteiger partial charge in [0.05, 0.1) is 6.54 Å². The summed E-state index contributed by atoms with van der Waals surface area (Å²) in [4.78, 5) is 24.8. The Kier molecular flexibility index (Phi) is 5.84. The molecule has 1 aliphatic heterocycles. The Bertz CT molecular complexity index is 1160. The number of ether oxygens (including phenoxy) is 2. The molecule has 6 heteroatoms. The van der Waals surface area contributed by atoms with E-state index in [2.05, 4.69) is 0 Å². The molecule has 0 bridgehead atoms. The van der Waals surface area contributed by atoms with Gasteiger partial charge in [-0.1, -0.05) is 66.7 Å². The van der Waals surface area contributed by atoms with Crippen molar-refractivity contribution >= 4 is 11.9 Å². The van der Waals surface area contributed by atoms with E-state index in [-0.39, 0.29) is 18.4 Å². The second-order valence-corrected chi connectivity index (χ2v) is 9.01. The summed E-state index contributed by atoms with van der Waals surface area (Å²) in [5.74, 6) is -1.31. The van der Waals surface area contributed by atoms with Gasteiger partial charge in [0, 0.05) is 23.0 Å². The summed E-state index contributed by atoms with van der Waals surface area (Å²) in [5, 5.41) is 10.1. The largest absolute Gasteiger partial charge is 0.481 e. The lowest BCUT2D eigenvalue weighted by Crippen LogP contribution is -2.32. The fourth-order valence-corrected chi connectivity index (χ4v) is 5.51. The van der Waals surface area contributed by atoms with Crippen molar-refractivity contribution in [2.75, 3.05) is 6.54 Å². The fraction of sp³-hybridized carbons (Fsp3) is 0.286. The maximum Gasteiger partial charge on any atom is 0.320 e. The van der Waals surface area contributed by atoms with Crippen LogP contribution in [0.5, 0.6) is 11.5 Å². The molecule has 1 fully saturated rings. The molecule has 3 unspecified atom stereocenters. The third-order valence-electron chi connectivity index (χ3n) is 7.10. The smallest absolute Gasteiger partial charge is 0.320 e. The van der Waals surface area contributed by atoms with Crippen LogP contribution in [0.4, 0.5) is 0 Å². The number of carbonyl (C=O) groups excluding carboxylic acids is 1. The van der Waals surface area contributed by atoms with E-state index in [1.807, 2.05) is 78.9 Å². The van der Waals surface area contributed by atoms with Crippen molar-refractivity contribution in [3.05, 3.63) is 95.6 Å². The number of esters is 1. The lowest BCUT2D eigenvalue weighted by Gasteiger charge is -2.31. The molecule has 0 radical (unpaired) electrons. The normalized spacial score (nSPS) is 22.7. The number of hydrogen-bond acceptors (Lipinski definition) is 5. The molecule has 1 heterocycles. The van der Waals surface area contributed by atoms with E-state index in [0.717, 1.165) is 28.2 Å². The van der Waals surface area contributed by atoms with Crippen LogP contribution in [-0.4, -0.2) is 29.2 Å². The first-order valence-electron chi connectivity index (χ1n) is 11.6. The summed E-state index contributed by atoms with van der Waals surface area (Å²) in [6, 6.07) is 25.4. The van der Waals surface area contributed by atoms with Crippen molar-refractivity contribution in [1.29, 1.82) is 0 Å². The fourth-order valence-electron chi connectivity index (χ4n) is 5.51. The van der Waals surface area contributed by atoms with Crippen LogP contribution in [0.2, 0.25) is 0 Å². The zero-order chi connectivity index (χ0) is 23.7. The molecule has 3 N–H and O–H groups in total. The van der Waals surface area contributed by atoms with Gasteiger partial charge in [-0.3, -0.25) is 9.59 Å². The zero-order valence-corrected chi connectivity index (χ0v) is 18.7. The maximum atomic E-state index is 12.4. The number of nitrogens with two attached hydrogens (primary N) is 1. The van der Waals surface area contributed by atoms with Crippen molar-refractivity contribution in [2.24, 2.45) is 17.6 Å². The molecule has 34 heavy (non-hydrogen) atoms. The van der Waals surface area contributed by atoms with Crippen LogP contribution < -0.4 is 10.5 Å². The van der Waals surface area contributed by atoms with Gasteiger partial charge in [-0.05, 0) is 37.0 Å². The predicted molar refractivity (Wildman–Crippen MR) is 127 cm³/mol. The van der Waals surface area contributed by atoms with E-state index in [4.69, 9.17) is 15.2 Å². The molecule has 6 nitrogen and oxygen atoms in total. The number of fused-ring (bicyclic) bond motifs is 2. The third kappa shape index (κ3) is 3.94. The van der Waals surface area contributed by atoms with Gasteiger partial charge < -0.3 is 20.3 Å². The number of para-hydroxylation sites is 2. The molecular formula is C28H27NO5. The Morgan fingerprint density at radius 3 is 2.09 bits per heavy atom. The van der Waals surface area contributed by atoms with Gasteiger partial charge in [-0.15, -0.1) is 0 Å². The van der Waals surface area contributed by atoms with Crippen molar-refractivity contribution in [2.45, 2.75) is 30.8 Å². The van der Waals surface area contributed by atoms with Crippen LogP contribution in [-0.2, 0) is 20.7 Å². The van der Waals surface area contributed by atoms with Gasteiger partial charge in [0.2, 0.25) is 0 Å². The van der Waals surface area contributed by atoms with E-state index in [1.54, 1.807) is 0 Å². The van der Waals surface area contributed by atoms with Gasteiger partial charge in [0.15, 0.2) is 0 Å². The van der Waals surface area contributed by atoms with Crippen molar-refractivity contribution in [1.82, 2.24) is 0 Å². The molecule has 1 aliphatic carbocycles. The standard InChI is InChI=1S/C28H27NO5/c29-17-25(30)34-28(22(26(28)27(31)32)15-14-18-8-2-1-3-9-18)16-21-19-10-4-6-12-23(19)33-24-13-7-5-11-20(21)24/h1-13,21-22,26H,14-17,29H2,(H,31,32). The quantitative estimate of drug-likeness (QED) is 0.483. The van der Waals surface area contributed by atoms with Gasteiger partial charge in [-0.2, -0.15) is 0 Å². The van der Waals surface area contributed by atoms with Crippen LogP contribution in [0, 0.1) is 11.8 Å². The molecule has 0 saturated heterocycles. The highest BCUT2D eigenvalue weighted by molar-refractivity contribution is 5.80. The Hall–Kier alpha value is -3.64. The Morgan fingerprint density at radius 2 is 1.50 bits per heavy atom. The monoisotopic (exact) mass is 457 g/mol. The highest BCUT2D eigenvalue weighted by Crippen LogP contribution is 2.62. The minimum Gasteiger partial charge on any atom is -0.481 e. The summed E-state index contributed by atoms with van der Waals surface area (Å²) in [7, 11) is 0. The molecule has 0 amide bonds. The zero-order valence-electron chi connectivity index (χ0n) is 18.7. The summed E-state index contributed by atoms with van der Waals surface area (Å²) < 4.78 is 12.0. The third-order valence-corrected chi connectivity index (χ3v) is 7.10. The number of rotatable bonds is 8. The maximum absolute atomic E-state index is 12.4. The minimum absolute atomic E-state index is 0.171. The minimum atomic E-state index is -1.13. The van der Waals surface area contributed by atoms with Crippen LogP contribution in [0.1, 0.15) is 35.4 Å². The molecule has 5 rings (SSSR count). The molecule has 3 atom stereocenters. The SMILES string of the molecule is NCC(=O)OC1(CC2c3ccccc3Oc3ccccc32)C(CCc2ccccc2)C1C(=O)O.